The van der Waals surface area contributed by atoms with Crippen molar-refractivity contribution in [3.63, 3.8) is 0 Å². The molecule has 3 N–H and O–H groups in total. The summed E-state index contributed by atoms with van der Waals surface area (Å²) >= 11 is 0. The number of nitrogens with zero attached hydrogens (tertiary/aromatic N) is 2. The van der Waals surface area contributed by atoms with Crippen LogP contribution in [0, 0.1) is 0 Å². The van der Waals surface area contributed by atoms with E-state index in [2.05, 4.69) is 33.8 Å². The lowest BCUT2D eigenvalue weighted by Crippen LogP contribution is -2.44. The minimum atomic E-state index is -1.60. The van der Waals surface area contributed by atoms with Gasteiger partial charge in [0.15, 0.2) is 6.10 Å². The molecule has 3 atom stereocenters. The molecule has 0 aliphatic heterocycles. The number of aliphatic hydroxyl groups is 1. The van der Waals surface area contributed by atoms with Gasteiger partial charge >= 0.3 is 11.9 Å². The van der Waals surface area contributed by atoms with Crippen LogP contribution in [0.15, 0.2) is 132 Å². The van der Waals surface area contributed by atoms with Crippen LogP contribution in [0.2, 0.25) is 0 Å². The SMILES string of the molecule is C=CCOC(=O)CNC(=O)C(=O)[C@H](CCC)N=C([O-])OCC1c2ccccc2-c2ccccc21.C=CCOC(=O)CNC(=O)C(O)[C@@H](CCC)N=C([O-])OCC1c2ccccc2-c2ccccc21. The van der Waals surface area contributed by atoms with Gasteiger partial charge in [0.2, 0.25) is 5.78 Å². The normalized spacial score (nSPS) is 13.9. The Kier molecular flexibility index (Phi) is 19.6. The van der Waals surface area contributed by atoms with E-state index < -0.39 is 73.0 Å². The highest BCUT2D eigenvalue weighted by Gasteiger charge is 2.30. The van der Waals surface area contributed by atoms with Crippen LogP contribution in [0.5, 0.6) is 0 Å². The Labute approximate surface area is 395 Å². The standard InChI is InChI=1S/C26H30N2O6.C26H28N2O6/c2*1-3-9-22(24(30)25(31)27-15-23(29)33-14-4-2)28-26(32)34-16-21-19-12-7-5-10-17(19)18-11-6-8-13-20(18)21/h4-8,10-13,21-22,24,30H,2-3,9,14-16H2,1H3,(H,27,31)(H,28,32);4-8,10-13,21-22H,2-3,9,14-16H2,1H3,(H,27,31)(H,28,32)/p-2/t22-,24?;22-/m10/s1. The number of esters is 2. The van der Waals surface area contributed by atoms with E-state index in [0.717, 1.165) is 44.5 Å². The quantitative estimate of drug-likeness (QED) is 0.0333. The van der Waals surface area contributed by atoms with Crippen LogP contribution >= 0.6 is 0 Å². The second-order valence-electron chi connectivity index (χ2n) is 15.7. The van der Waals surface area contributed by atoms with Gasteiger partial charge in [-0.3, -0.25) is 34.0 Å². The number of fused-ring (bicyclic) bond motifs is 6. The molecule has 0 radical (unpaired) electrons. The van der Waals surface area contributed by atoms with Crippen LogP contribution in [0.1, 0.15) is 73.6 Å². The maximum atomic E-state index is 12.5. The first kappa shape index (κ1) is 51.4. The van der Waals surface area contributed by atoms with E-state index in [9.17, 15) is 39.3 Å². The van der Waals surface area contributed by atoms with E-state index in [0.29, 0.717) is 19.3 Å². The Morgan fingerprint density at radius 1 is 0.618 bits per heavy atom. The second-order valence-corrected chi connectivity index (χ2v) is 15.7. The largest absolute Gasteiger partial charge is 0.599 e. The highest BCUT2D eigenvalue weighted by Crippen LogP contribution is 2.45. The number of hydrogen-bond acceptors (Lipinski definition) is 14. The van der Waals surface area contributed by atoms with Crippen molar-refractivity contribution in [3.05, 3.63) is 145 Å². The average molecular weight is 929 g/mol. The van der Waals surface area contributed by atoms with Crippen LogP contribution in [-0.2, 0) is 42.9 Å². The van der Waals surface area contributed by atoms with Gasteiger partial charge in [0.1, 0.15) is 44.5 Å². The number of rotatable bonds is 22. The minimum absolute atomic E-state index is 0.00176. The number of carbonyl (C=O) groups is 5. The van der Waals surface area contributed by atoms with E-state index in [1.54, 1.807) is 6.92 Å². The summed E-state index contributed by atoms with van der Waals surface area (Å²) in [5.74, 6) is -4.37. The lowest BCUT2D eigenvalue weighted by molar-refractivity contribution is -0.252. The molecule has 0 saturated heterocycles. The van der Waals surface area contributed by atoms with Crippen molar-refractivity contribution in [1.82, 2.24) is 10.6 Å². The molecule has 2 aliphatic carbocycles. The van der Waals surface area contributed by atoms with Crippen LogP contribution < -0.4 is 20.8 Å². The van der Waals surface area contributed by atoms with Crippen molar-refractivity contribution in [3.8, 4) is 22.3 Å². The molecule has 2 aliphatic rings. The number of nitrogens with one attached hydrogen (secondary N) is 2. The Morgan fingerprint density at radius 2 is 1.01 bits per heavy atom. The number of benzene rings is 4. The van der Waals surface area contributed by atoms with Crippen molar-refractivity contribution in [2.24, 2.45) is 9.98 Å². The summed E-state index contributed by atoms with van der Waals surface area (Å²) in [5.41, 5.74) is 8.67. The van der Waals surface area contributed by atoms with Crippen LogP contribution in [0.4, 0.5) is 0 Å². The molecule has 16 nitrogen and oxygen atoms in total. The first-order chi connectivity index (χ1) is 32.9. The zero-order valence-electron chi connectivity index (χ0n) is 38.1. The molecule has 6 rings (SSSR count). The van der Waals surface area contributed by atoms with E-state index in [1.807, 2.05) is 104 Å². The second kappa shape index (κ2) is 25.9. The molecular formula is C52H56N4O12-2. The number of aliphatic imine (C=N–C) groups is 2. The molecule has 4 aromatic rings. The highest BCUT2D eigenvalue weighted by atomic mass is 16.6. The monoisotopic (exact) mass is 928 g/mol. The van der Waals surface area contributed by atoms with Crippen LogP contribution in [0.25, 0.3) is 22.3 Å². The summed E-state index contributed by atoms with van der Waals surface area (Å²) in [7, 11) is 0. The van der Waals surface area contributed by atoms with E-state index in [-0.39, 0.29) is 44.7 Å². The fraction of sp³-hybridized carbons (Fsp3) is 0.327. The zero-order chi connectivity index (χ0) is 49.0. The molecule has 0 aromatic heterocycles. The fourth-order valence-corrected chi connectivity index (χ4v) is 7.88. The van der Waals surface area contributed by atoms with Crippen molar-refractivity contribution in [2.45, 2.75) is 69.6 Å². The first-order valence-corrected chi connectivity index (χ1v) is 22.3. The molecule has 16 heteroatoms. The zero-order valence-corrected chi connectivity index (χ0v) is 38.1. The van der Waals surface area contributed by atoms with Gasteiger partial charge in [-0.1, -0.05) is 149 Å². The molecule has 0 heterocycles. The average Bonchev–Trinajstić information content (AvgIpc) is 3.86. The van der Waals surface area contributed by atoms with Gasteiger partial charge in [0.25, 0.3) is 11.8 Å². The van der Waals surface area contributed by atoms with Gasteiger partial charge in [-0.05, 0) is 57.3 Å². The number of ketones is 1. The van der Waals surface area contributed by atoms with Gasteiger partial charge in [-0.15, -0.1) is 0 Å². The Morgan fingerprint density at radius 3 is 1.43 bits per heavy atom. The molecular weight excluding hydrogens is 873 g/mol. The highest BCUT2D eigenvalue weighted by molar-refractivity contribution is 6.38. The Bertz CT molecular complexity index is 2390. The summed E-state index contributed by atoms with van der Waals surface area (Å²) in [4.78, 5) is 67.7. The smallest absolute Gasteiger partial charge is 0.325 e. The number of aliphatic hydroxyl groups excluding tert-OH is 1. The lowest BCUT2D eigenvalue weighted by Gasteiger charge is -2.24. The molecule has 4 aromatic carbocycles. The maximum Gasteiger partial charge on any atom is 0.325 e. The van der Waals surface area contributed by atoms with E-state index in [4.69, 9.17) is 18.9 Å². The predicted molar refractivity (Wildman–Crippen MR) is 251 cm³/mol. The predicted octanol–water partition coefficient (Wildman–Crippen LogP) is 4.02. The molecule has 0 fully saturated rings. The summed E-state index contributed by atoms with van der Waals surface area (Å²) < 4.78 is 20.4. The number of ether oxygens (including phenoxy) is 4. The van der Waals surface area contributed by atoms with Gasteiger partial charge in [0, 0.05) is 25.0 Å². The third-order valence-electron chi connectivity index (χ3n) is 11.0. The van der Waals surface area contributed by atoms with Crippen LogP contribution in [-0.4, -0.2) is 105 Å². The number of carbonyl (C=O) groups excluding carboxylic acids is 5. The minimum Gasteiger partial charge on any atom is -0.599 e. The topological polar surface area (TPSA) is 237 Å². The molecule has 0 saturated carbocycles. The van der Waals surface area contributed by atoms with Gasteiger partial charge in [-0.2, -0.15) is 0 Å². The van der Waals surface area contributed by atoms with E-state index >= 15 is 0 Å². The summed E-state index contributed by atoms with van der Waals surface area (Å²) in [6.45, 7) is 9.78. The molecule has 1 unspecified atom stereocenters. The first-order valence-electron chi connectivity index (χ1n) is 22.3. The van der Waals surface area contributed by atoms with Gasteiger partial charge in [-0.25, -0.2) is 0 Å². The number of hydrogen-bond donors (Lipinski definition) is 3. The molecule has 0 spiro atoms. The molecule has 68 heavy (non-hydrogen) atoms. The Balaban J connectivity index is 0.000000254. The van der Waals surface area contributed by atoms with Crippen molar-refractivity contribution < 1.29 is 58.2 Å². The molecule has 358 valence electrons. The van der Waals surface area contributed by atoms with Crippen molar-refractivity contribution >= 4 is 41.7 Å². The lowest BCUT2D eigenvalue weighted by atomic mass is 9.98. The van der Waals surface area contributed by atoms with Crippen LogP contribution in [0.3, 0.4) is 0 Å². The molecule has 2 amide bonds. The maximum absolute atomic E-state index is 12.5. The van der Waals surface area contributed by atoms with Crippen molar-refractivity contribution in [2.75, 3.05) is 39.5 Å². The van der Waals surface area contributed by atoms with Gasteiger partial charge < -0.3 is 44.9 Å². The van der Waals surface area contributed by atoms with Gasteiger partial charge in [0.05, 0.1) is 6.04 Å². The summed E-state index contributed by atoms with van der Waals surface area (Å²) in [5, 5.41) is 39.9. The Hall–Kier alpha value is -7.59. The number of amides is 2. The molecule has 0 bridgehead atoms. The number of Topliss-reactive ketones (excluding diaryl/α,β-unsaturated/α-hetero) is 1. The summed E-state index contributed by atoms with van der Waals surface area (Å²) in [6.07, 6.45) is 1.00. The van der Waals surface area contributed by atoms with Crippen molar-refractivity contribution in [1.29, 1.82) is 0 Å². The van der Waals surface area contributed by atoms with E-state index in [1.165, 1.54) is 12.2 Å². The third kappa shape index (κ3) is 13.7. The third-order valence-corrected chi connectivity index (χ3v) is 11.0. The fourth-order valence-electron chi connectivity index (χ4n) is 7.88. The summed E-state index contributed by atoms with van der Waals surface area (Å²) in [6, 6.07) is 29.6.